The lowest BCUT2D eigenvalue weighted by Crippen LogP contribution is -2.18. The predicted molar refractivity (Wildman–Crippen MR) is 80.2 cm³/mol. The van der Waals surface area contributed by atoms with Crippen LogP contribution in [0.1, 0.15) is 24.1 Å². The van der Waals surface area contributed by atoms with Crippen molar-refractivity contribution in [1.82, 2.24) is 10.3 Å². The molecule has 100 valence electrons. The van der Waals surface area contributed by atoms with Crippen LogP contribution in [0.25, 0.3) is 0 Å². The normalized spacial score (nSPS) is 12.2. The maximum absolute atomic E-state index is 5.04. The largest absolute Gasteiger partial charge is 0.481 e. The molecule has 1 unspecified atom stereocenters. The van der Waals surface area contributed by atoms with E-state index in [0.717, 1.165) is 16.6 Å². The Balaban J connectivity index is 1.96. The highest BCUT2D eigenvalue weighted by atomic mass is 79.9. The first-order chi connectivity index (χ1) is 9.20. The molecule has 0 aliphatic carbocycles. The zero-order valence-corrected chi connectivity index (χ0v) is 12.6. The monoisotopic (exact) mass is 320 g/mol. The zero-order chi connectivity index (χ0) is 13.7. The number of aromatic nitrogens is 1. The van der Waals surface area contributed by atoms with Gasteiger partial charge in [0, 0.05) is 29.3 Å². The minimum atomic E-state index is 0.276. The summed E-state index contributed by atoms with van der Waals surface area (Å²) in [6.07, 6.45) is 1.83. The molecule has 1 aromatic heterocycles. The predicted octanol–water partition coefficient (Wildman–Crippen LogP) is 3.70. The number of ether oxygens (including phenoxy) is 1. The number of halogens is 1. The third-order valence-electron chi connectivity index (χ3n) is 2.99. The van der Waals surface area contributed by atoms with Gasteiger partial charge in [-0.1, -0.05) is 40.2 Å². The van der Waals surface area contributed by atoms with Crippen LogP contribution < -0.4 is 10.1 Å². The van der Waals surface area contributed by atoms with Gasteiger partial charge in [-0.2, -0.15) is 0 Å². The Morgan fingerprint density at radius 2 is 2.05 bits per heavy atom. The van der Waals surface area contributed by atoms with Crippen molar-refractivity contribution in [3.8, 4) is 5.88 Å². The van der Waals surface area contributed by atoms with Gasteiger partial charge in [0.2, 0.25) is 5.88 Å². The van der Waals surface area contributed by atoms with Gasteiger partial charge in [-0.15, -0.1) is 0 Å². The van der Waals surface area contributed by atoms with E-state index >= 15 is 0 Å². The number of hydrogen-bond donors (Lipinski definition) is 1. The first-order valence-corrected chi connectivity index (χ1v) is 6.96. The molecule has 0 saturated heterocycles. The van der Waals surface area contributed by atoms with Crippen molar-refractivity contribution >= 4 is 15.9 Å². The molecular formula is C15H17BrN2O. The van der Waals surface area contributed by atoms with Gasteiger partial charge in [0.05, 0.1) is 7.11 Å². The van der Waals surface area contributed by atoms with E-state index in [-0.39, 0.29) is 6.04 Å². The molecule has 0 saturated carbocycles. The van der Waals surface area contributed by atoms with Gasteiger partial charge in [-0.05, 0) is 24.1 Å². The van der Waals surface area contributed by atoms with Gasteiger partial charge < -0.3 is 10.1 Å². The smallest absolute Gasteiger partial charge is 0.212 e. The third kappa shape index (κ3) is 3.78. The molecule has 19 heavy (non-hydrogen) atoms. The van der Waals surface area contributed by atoms with Gasteiger partial charge in [0.25, 0.3) is 0 Å². The highest BCUT2D eigenvalue weighted by molar-refractivity contribution is 9.10. The van der Waals surface area contributed by atoms with Gasteiger partial charge in [-0.25, -0.2) is 4.98 Å². The molecule has 0 bridgehead atoms. The summed E-state index contributed by atoms with van der Waals surface area (Å²) in [6, 6.07) is 12.4. The molecule has 0 amide bonds. The van der Waals surface area contributed by atoms with Crippen LogP contribution in [0.5, 0.6) is 5.88 Å². The standard InChI is InChI=1S/C15H17BrN2O/c1-11(13-5-3-4-6-14(13)16)17-9-12-7-8-15(19-2)18-10-12/h3-8,10-11,17H,9H2,1-2H3. The van der Waals surface area contributed by atoms with Crippen LogP contribution in [0.2, 0.25) is 0 Å². The SMILES string of the molecule is COc1ccc(CNC(C)c2ccccc2Br)cn1. The lowest BCUT2D eigenvalue weighted by molar-refractivity contribution is 0.397. The number of hydrogen-bond acceptors (Lipinski definition) is 3. The Hall–Kier alpha value is -1.39. The summed E-state index contributed by atoms with van der Waals surface area (Å²) in [5, 5.41) is 3.48. The second-order valence-corrected chi connectivity index (χ2v) is 5.19. The molecule has 1 N–H and O–H groups in total. The number of pyridine rings is 1. The van der Waals surface area contributed by atoms with Crippen LogP contribution in [0.4, 0.5) is 0 Å². The topological polar surface area (TPSA) is 34.1 Å². The number of benzene rings is 1. The molecule has 0 fully saturated rings. The van der Waals surface area contributed by atoms with Crippen molar-refractivity contribution in [2.75, 3.05) is 7.11 Å². The van der Waals surface area contributed by atoms with Crippen molar-refractivity contribution in [1.29, 1.82) is 0 Å². The minimum absolute atomic E-state index is 0.276. The lowest BCUT2D eigenvalue weighted by Gasteiger charge is -2.15. The van der Waals surface area contributed by atoms with Crippen LogP contribution in [-0.2, 0) is 6.54 Å². The van der Waals surface area contributed by atoms with Crippen molar-refractivity contribution in [2.45, 2.75) is 19.5 Å². The summed E-state index contributed by atoms with van der Waals surface area (Å²) in [4.78, 5) is 4.19. The van der Waals surface area contributed by atoms with Crippen molar-refractivity contribution in [2.24, 2.45) is 0 Å². The first kappa shape index (κ1) is 14.0. The van der Waals surface area contributed by atoms with Crippen molar-refractivity contribution in [3.05, 3.63) is 58.2 Å². The second-order valence-electron chi connectivity index (χ2n) is 4.33. The molecule has 0 spiro atoms. The van der Waals surface area contributed by atoms with Crippen LogP contribution in [0, 0.1) is 0 Å². The molecule has 0 radical (unpaired) electrons. The summed E-state index contributed by atoms with van der Waals surface area (Å²) in [6.45, 7) is 2.93. The summed E-state index contributed by atoms with van der Waals surface area (Å²) in [7, 11) is 1.62. The van der Waals surface area contributed by atoms with E-state index in [9.17, 15) is 0 Å². The number of methoxy groups -OCH3 is 1. The van der Waals surface area contributed by atoms with E-state index in [1.54, 1.807) is 7.11 Å². The van der Waals surface area contributed by atoms with Crippen molar-refractivity contribution in [3.63, 3.8) is 0 Å². The number of nitrogens with one attached hydrogen (secondary N) is 1. The molecule has 2 rings (SSSR count). The second kappa shape index (κ2) is 6.68. The first-order valence-electron chi connectivity index (χ1n) is 6.17. The van der Waals surface area contributed by atoms with Gasteiger partial charge in [-0.3, -0.25) is 0 Å². The van der Waals surface area contributed by atoms with Crippen LogP contribution in [0.15, 0.2) is 47.1 Å². The highest BCUT2D eigenvalue weighted by Gasteiger charge is 2.08. The molecule has 1 aromatic carbocycles. The van der Waals surface area contributed by atoms with Crippen LogP contribution in [0.3, 0.4) is 0 Å². The van der Waals surface area contributed by atoms with Gasteiger partial charge in [0.15, 0.2) is 0 Å². The van der Waals surface area contributed by atoms with E-state index in [4.69, 9.17) is 4.74 Å². The van der Waals surface area contributed by atoms with E-state index in [0.29, 0.717) is 5.88 Å². The Labute approximate surface area is 122 Å². The summed E-state index contributed by atoms with van der Waals surface area (Å²) in [5.41, 5.74) is 2.39. The summed E-state index contributed by atoms with van der Waals surface area (Å²) in [5.74, 6) is 0.641. The Morgan fingerprint density at radius 3 is 2.68 bits per heavy atom. The zero-order valence-electron chi connectivity index (χ0n) is 11.1. The average Bonchev–Trinajstić information content (AvgIpc) is 2.46. The van der Waals surface area contributed by atoms with E-state index in [2.05, 4.69) is 45.3 Å². The lowest BCUT2D eigenvalue weighted by atomic mass is 10.1. The van der Waals surface area contributed by atoms with Crippen molar-refractivity contribution < 1.29 is 4.74 Å². The van der Waals surface area contributed by atoms with Gasteiger partial charge in [0.1, 0.15) is 0 Å². The number of rotatable bonds is 5. The van der Waals surface area contributed by atoms with E-state index < -0.39 is 0 Å². The Morgan fingerprint density at radius 1 is 1.26 bits per heavy atom. The Kier molecular flexibility index (Phi) is 4.93. The average molecular weight is 321 g/mol. The minimum Gasteiger partial charge on any atom is -0.481 e. The van der Waals surface area contributed by atoms with Gasteiger partial charge >= 0.3 is 0 Å². The molecular weight excluding hydrogens is 304 g/mol. The maximum Gasteiger partial charge on any atom is 0.212 e. The molecule has 1 atom stereocenters. The molecule has 2 aromatic rings. The fourth-order valence-corrected chi connectivity index (χ4v) is 2.47. The highest BCUT2D eigenvalue weighted by Crippen LogP contribution is 2.23. The molecule has 4 heteroatoms. The molecule has 0 aliphatic rings. The third-order valence-corrected chi connectivity index (χ3v) is 3.71. The summed E-state index contributed by atoms with van der Waals surface area (Å²) < 4.78 is 6.17. The number of nitrogens with zero attached hydrogens (tertiary/aromatic N) is 1. The van der Waals surface area contributed by atoms with E-state index in [1.165, 1.54) is 5.56 Å². The molecule has 3 nitrogen and oxygen atoms in total. The Bertz CT molecular complexity index is 528. The van der Waals surface area contributed by atoms with Crippen LogP contribution in [-0.4, -0.2) is 12.1 Å². The molecule has 1 heterocycles. The fraction of sp³-hybridized carbons (Fsp3) is 0.267. The maximum atomic E-state index is 5.04. The van der Waals surface area contributed by atoms with E-state index in [1.807, 2.05) is 30.5 Å². The molecule has 0 aliphatic heterocycles. The van der Waals surface area contributed by atoms with Crippen LogP contribution >= 0.6 is 15.9 Å². The quantitative estimate of drug-likeness (QED) is 0.912. The fourth-order valence-electron chi connectivity index (χ4n) is 1.84. The summed E-state index contributed by atoms with van der Waals surface area (Å²) >= 11 is 3.57.